The molecule has 0 bridgehead atoms. The highest BCUT2D eigenvalue weighted by atomic mass is 16.6. The molecule has 22 heavy (non-hydrogen) atoms. The molecule has 0 heterocycles. The first-order valence-electron chi connectivity index (χ1n) is 7.70. The molecule has 1 unspecified atom stereocenters. The molecule has 0 aromatic heterocycles. The molecular formula is C16H22N2O4. The molecule has 0 radical (unpaired) electrons. The average Bonchev–Trinajstić information content (AvgIpc) is 2.52. The van der Waals surface area contributed by atoms with E-state index in [4.69, 9.17) is 0 Å². The van der Waals surface area contributed by atoms with E-state index in [1.165, 1.54) is 24.6 Å². The topological polar surface area (TPSA) is 92.5 Å². The van der Waals surface area contributed by atoms with E-state index in [0.717, 1.165) is 25.7 Å². The zero-order valence-corrected chi connectivity index (χ0v) is 12.7. The van der Waals surface area contributed by atoms with Crippen molar-refractivity contribution < 1.29 is 14.8 Å². The first-order valence-corrected chi connectivity index (χ1v) is 7.70. The first-order chi connectivity index (χ1) is 10.5. The molecule has 1 amide bonds. The molecule has 1 aliphatic rings. The van der Waals surface area contributed by atoms with Crippen molar-refractivity contribution in [1.82, 2.24) is 5.32 Å². The van der Waals surface area contributed by atoms with Crippen LogP contribution in [0.4, 0.5) is 5.69 Å². The molecule has 1 saturated carbocycles. The Bertz CT molecular complexity index is 553. The van der Waals surface area contributed by atoms with Gasteiger partial charge in [-0.1, -0.05) is 19.3 Å². The molecule has 2 N–H and O–H groups in total. The summed E-state index contributed by atoms with van der Waals surface area (Å²) >= 11 is 0. The van der Waals surface area contributed by atoms with Gasteiger partial charge in [0.2, 0.25) is 0 Å². The number of hydrogen-bond acceptors (Lipinski definition) is 4. The maximum Gasteiger partial charge on any atom is 0.272 e. The Balaban J connectivity index is 1.91. The lowest BCUT2D eigenvalue weighted by Gasteiger charge is -2.26. The standard InChI is InChI=1S/C16H22N2O4/c1-11-9-13(7-8-14(11)18(21)22)16(20)17-10-15(19)12-5-3-2-4-6-12/h7-9,12,15,19H,2-6,10H2,1H3,(H,17,20). The van der Waals surface area contributed by atoms with Crippen LogP contribution in [0.25, 0.3) is 0 Å². The summed E-state index contributed by atoms with van der Waals surface area (Å²) in [7, 11) is 0. The number of nitrogens with zero attached hydrogens (tertiary/aromatic N) is 1. The van der Waals surface area contributed by atoms with Crippen LogP contribution in [0.2, 0.25) is 0 Å². The van der Waals surface area contributed by atoms with Crippen molar-refractivity contribution in [3.63, 3.8) is 0 Å². The lowest BCUT2D eigenvalue weighted by Crippen LogP contribution is -2.37. The SMILES string of the molecule is Cc1cc(C(=O)NCC(O)C2CCCCC2)ccc1[N+](=O)[O-]. The van der Waals surface area contributed by atoms with Crippen molar-refractivity contribution in [1.29, 1.82) is 0 Å². The summed E-state index contributed by atoms with van der Waals surface area (Å²) in [6.45, 7) is 1.82. The van der Waals surface area contributed by atoms with Crippen molar-refractivity contribution in [3.8, 4) is 0 Å². The quantitative estimate of drug-likeness (QED) is 0.646. The van der Waals surface area contributed by atoms with E-state index in [0.29, 0.717) is 11.1 Å². The minimum Gasteiger partial charge on any atom is -0.391 e. The second-order valence-corrected chi connectivity index (χ2v) is 5.93. The largest absolute Gasteiger partial charge is 0.391 e. The third-order valence-corrected chi connectivity index (χ3v) is 4.32. The Morgan fingerprint density at radius 2 is 2.09 bits per heavy atom. The Kier molecular flexibility index (Phi) is 5.49. The number of amides is 1. The van der Waals surface area contributed by atoms with Crippen LogP contribution in [-0.4, -0.2) is 28.6 Å². The summed E-state index contributed by atoms with van der Waals surface area (Å²) in [5.41, 5.74) is 0.822. The van der Waals surface area contributed by atoms with Crippen LogP contribution in [0.1, 0.15) is 48.0 Å². The summed E-state index contributed by atoms with van der Waals surface area (Å²) in [5, 5.41) is 23.6. The number of rotatable bonds is 5. The third-order valence-electron chi connectivity index (χ3n) is 4.32. The van der Waals surface area contributed by atoms with Gasteiger partial charge in [0.1, 0.15) is 0 Å². The zero-order chi connectivity index (χ0) is 16.1. The molecule has 1 aliphatic carbocycles. The summed E-state index contributed by atoms with van der Waals surface area (Å²) in [6.07, 6.45) is 4.98. The molecule has 1 fully saturated rings. The van der Waals surface area contributed by atoms with Gasteiger partial charge >= 0.3 is 0 Å². The van der Waals surface area contributed by atoms with Crippen molar-refractivity contribution >= 4 is 11.6 Å². The Morgan fingerprint density at radius 3 is 2.68 bits per heavy atom. The summed E-state index contributed by atoms with van der Waals surface area (Å²) in [6, 6.07) is 4.27. The predicted molar refractivity (Wildman–Crippen MR) is 82.7 cm³/mol. The van der Waals surface area contributed by atoms with E-state index in [9.17, 15) is 20.0 Å². The zero-order valence-electron chi connectivity index (χ0n) is 12.7. The van der Waals surface area contributed by atoms with Gasteiger partial charge in [0.05, 0.1) is 11.0 Å². The van der Waals surface area contributed by atoms with Crippen LogP contribution in [0.3, 0.4) is 0 Å². The van der Waals surface area contributed by atoms with E-state index >= 15 is 0 Å². The second-order valence-electron chi connectivity index (χ2n) is 5.93. The number of carbonyl (C=O) groups excluding carboxylic acids is 1. The van der Waals surface area contributed by atoms with E-state index < -0.39 is 11.0 Å². The number of carbonyl (C=O) groups is 1. The van der Waals surface area contributed by atoms with Gasteiger partial charge in [-0.15, -0.1) is 0 Å². The van der Waals surface area contributed by atoms with E-state index in [-0.39, 0.29) is 24.1 Å². The van der Waals surface area contributed by atoms with Gasteiger partial charge < -0.3 is 10.4 Å². The number of nitrogens with one attached hydrogen (secondary N) is 1. The van der Waals surface area contributed by atoms with Crippen LogP contribution in [0, 0.1) is 23.0 Å². The first kappa shape index (κ1) is 16.4. The number of benzene rings is 1. The van der Waals surface area contributed by atoms with Crippen LogP contribution in [0.5, 0.6) is 0 Å². The molecule has 6 heteroatoms. The van der Waals surface area contributed by atoms with Gasteiger partial charge in [0, 0.05) is 23.7 Å². The van der Waals surface area contributed by atoms with Gasteiger partial charge in [0.15, 0.2) is 0 Å². The minimum absolute atomic E-state index is 0.00112. The molecule has 0 aliphatic heterocycles. The van der Waals surface area contributed by atoms with Crippen LogP contribution in [0.15, 0.2) is 18.2 Å². The molecule has 1 aromatic carbocycles. The van der Waals surface area contributed by atoms with Crippen molar-refractivity contribution in [2.24, 2.45) is 5.92 Å². The van der Waals surface area contributed by atoms with Gasteiger partial charge in [-0.25, -0.2) is 0 Å². The highest BCUT2D eigenvalue weighted by molar-refractivity contribution is 5.94. The monoisotopic (exact) mass is 306 g/mol. The Morgan fingerprint density at radius 1 is 1.41 bits per heavy atom. The number of aliphatic hydroxyl groups is 1. The summed E-state index contributed by atoms with van der Waals surface area (Å²) in [4.78, 5) is 22.4. The molecule has 1 atom stereocenters. The van der Waals surface area contributed by atoms with Gasteiger partial charge in [-0.3, -0.25) is 14.9 Å². The summed E-state index contributed by atoms with van der Waals surface area (Å²) < 4.78 is 0. The molecule has 1 aromatic rings. The number of nitro benzene ring substituents is 1. The van der Waals surface area contributed by atoms with Crippen LogP contribution in [-0.2, 0) is 0 Å². The number of aryl methyl sites for hydroxylation is 1. The van der Waals surface area contributed by atoms with Crippen LogP contribution >= 0.6 is 0 Å². The van der Waals surface area contributed by atoms with Gasteiger partial charge in [-0.2, -0.15) is 0 Å². The molecule has 2 rings (SSSR count). The summed E-state index contributed by atoms with van der Waals surface area (Å²) in [5.74, 6) is -0.0551. The van der Waals surface area contributed by atoms with Crippen molar-refractivity contribution in [2.75, 3.05) is 6.54 Å². The number of hydrogen-bond donors (Lipinski definition) is 2. The molecule has 120 valence electrons. The maximum atomic E-state index is 12.1. The molecule has 0 saturated heterocycles. The normalized spacial score (nSPS) is 17.0. The lowest BCUT2D eigenvalue weighted by atomic mass is 9.85. The Hall–Kier alpha value is -1.95. The van der Waals surface area contributed by atoms with E-state index in [1.54, 1.807) is 6.92 Å². The van der Waals surface area contributed by atoms with Crippen molar-refractivity contribution in [2.45, 2.75) is 45.1 Å². The second kappa shape index (κ2) is 7.35. The van der Waals surface area contributed by atoms with Crippen molar-refractivity contribution in [3.05, 3.63) is 39.4 Å². The molecular weight excluding hydrogens is 284 g/mol. The number of aliphatic hydroxyl groups excluding tert-OH is 1. The predicted octanol–water partition coefficient (Wildman–Crippen LogP) is 2.57. The highest BCUT2D eigenvalue weighted by Gasteiger charge is 2.22. The average molecular weight is 306 g/mol. The fraction of sp³-hybridized carbons (Fsp3) is 0.562. The third kappa shape index (κ3) is 4.04. The van der Waals surface area contributed by atoms with E-state index in [2.05, 4.69) is 5.32 Å². The number of nitro groups is 1. The lowest BCUT2D eigenvalue weighted by molar-refractivity contribution is -0.385. The van der Waals surface area contributed by atoms with Crippen LogP contribution < -0.4 is 5.32 Å². The van der Waals surface area contributed by atoms with Gasteiger partial charge in [-0.05, 0) is 37.8 Å². The maximum absolute atomic E-state index is 12.1. The molecule has 6 nitrogen and oxygen atoms in total. The fourth-order valence-electron chi connectivity index (χ4n) is 2.99. The highest BCUT2D eigenvalue weighted by Crippen LogP contribution is 2.26. The van der Waals surface area contributed by atoms with E-state index in [1.807, 2.05) is 0 Å². The fourth-order valence-corrected chi connectivity index (χ4v) is 2.99. The van der Waals surface area contributed by atoms with Gasteiger partial charge in [0.25, 0.3) is 11.6 Å². The minimum atomic E-state index is -0.525. The smallest absolute Gasteiger partial charge is 0.272 e. The Labute approximate surface area is 129 Å². The molecule has 0 spiro atoms.